The molecule has 0 amide bonds. The van der Waals surface area contributed by atoms with Gasteiger partial charge in [0.2, 0.25) is 0 Å². The Labute approximate surface area is 111 Å². The fourth-order valence-electron chi connectivity index (χ4n) is 3.79. The van der Waals surface area contributed by atoms with Crippen LogP contribution in [0.5, 0.6) is 0 Å². The Morgan fingerprint density at radius 1 is 1.28 bits per heavy atom. The van der Waals surface area contributed by atoms with Crippen LogP contribution in [-0.2, 0) is 9.47 Å². The van der Waals surface area contributed by atoms with Crippen LogP contribution in [0.15, 0.2) is 0 Å². The number of nitrogens with two attached hydrogens (primary N) is 1. The summed E-state index contributed by atoms with van der Waals surface area (Å²) in [4.78, 5) is 2.54. The summed E-state index contributed by atoms with van der Waals surface area (Å²) in [5, 5.41) is 0. The summed E-state index contributed by atoms with van der Waals surface area (Å²) in [5.74, 6) is 0. The molecule has 0 radical (unpaired) electrons. The Hall–Kier alpha value is -0.160. The predicted molar refractivity (Wildman–Crippen MR) is 72.6 cm³/mol. The van der Waals surface area contributed by atoms with Crippen LogP contribution in [0.4, 0.5) is 0 Å². The van der Waals surface area contributed by atoms with Gasteiger partial charge in [-0.3, -0.25) is 4.90 Å². The first-order valence-corrected chi connectivity index (χ1v) is 7.25. The minimum atomic E-state index is 0.0271. The lowest BCUT2D eigenvalue weighted by Gasteiger charge is -2.53. The van der Waals surface area contributed by atoms with Gasteiger partial charge < -0.3 is 15.2 Å². The molecule has 4 nitrogen and oxygen atoms in total. The van der Waals surface area contributed by atoms with E-state index in [0.29, 0.717) is 6.54 Å². The molecule has 1 heterocycles. The Morgan fingerprint density at radius 2 is 1.94 bits per heavy atom. The molecule has 0 aromatic rings. The first-order chi connectivity index (χ1) is 8.62. The molecule has 106 valence electrons. The summed E-state index contributed by atoms with van der Waals surface area (Å²) in [6, 6.07) is 0. The molecular weight excluding hydrogens is 228 g/mol. The van der Waals surface area contributed by atoms with Crippen LogP contribution in [0.2, 0.25) is 0 Å². The first kappa shape index (κ1) is 14.3. The van der Waals surface area contributed by atoms with Gasteiger partial charge in [0, 0.05) is 26.7 Å². The fourth-order valence-corrected chi connectivity index (χ4v) is 3.79. The lowest BCUT2D eigenvalue weighted by Crippen LogP contribution is -2.67. The zero-order valence-electron chi connectivity index (χ0n) is 12.0. The van der Waals surface area contributed by atoms with Crippen LogP contribution >= 0.6 is 0 Å². The van der Waals surface area contributed by atoms with Crippen molar-refractivity contribution >= 4 is 0 Å². The molecule has 4 unspecified atom stereocenters. The van der Waals surface area contributed by atoms with Gasteiger partial charge in [-0.05, 0) is 26.7 Å². The Bertz CT molecular complexity index is 265. The highest BCUT2D eigenvalue weighted by Gasteiger charge is 2.46. The van der Waals surface area contributed by atoms with Crippen LogP contribution in [0.25, 0.3) is 0 Å². The second kappa shape index (κ2) is 5.87. The molecule has 0 bridgehead atoms. The summed E-state index contributed by atoms with van der Waals surface area (Å²) in [6.45, 7) is 6.93. The lowest BCUT2D eigenvalue weighted by atomic mass is 9.77. The van der Waals surface area contributed by atoms with Crippen LogP contribution in [0, 0.1) is 0 Å². The van der Waals surface area contributed by atoms with Crippen LogP contribution in [0.1, 0.15) is 39.5 Å². The highest BCUT2D eigenvalue weighted by atomic mass is 16.5. The van der Waals surface area contributed by atoms with Gasteiger partial charge in [0.15, 0.2) is 0 Å². The van der Waals surface area contributed by atoms with E-state index in [-0.39, 0.29) is 23.9 Å². The maximum absolute atomic E-state index is 6.16. The average molecular weight is 256 g/mol. The molecule has 1 saturated carbocycles. The molecule has 1 aliphatic heterocycles. The van der Waals surface area contributed by atoms with E-state index in [1.54, 1.807) is 0 Å². The molecule has 4 heteroatoms. The molecular formula is C14H28N2O2. The first-order valence-electron chi connectivity index (χ1n) is 7.25. The second-order valence-electron chi connectivity index (χ2n) is 5.94. The van der Waals surface area contributed by atoms with E-state index in [0.717, 1.165) is 25.9 Å². The molecule has 18 heavy (non-hydrogen) atoms. The zero-order valence-corrected chi connectivity index (χ0v) is 12.0. The fraction of sp³-hybridized carbons (Fsp3) is 1.00. The van der Waals surface area contributed by atoms with Crippen molar-refractivity contribution in [3.8, 4) is 0 Å². The van der Waals surface area contributed by atoms with E-state index in [2.05, 4.69) is 18.7 Å². The Balaban J connectivity index is 2.18. The smallest absolute Gasteiger partial charge is 0.0767 e. The number of hydrogen-bond donors (Lipinski definition) is 1. The van der Waals surface area contributed by atoms with Gasteiger partial charge in [-0.25, -0.2) is 0 Å². The van der Waals surface area contributed by atoms with Crippen LogP contribution in [0.3, 0.4) is 0 Å². The van der Waals surface area contributed by atoms with Crippen molar-refractivity contribution in [1.29, 1.82) is 0 Å². The minimum absolute atomic E-state index is 0.0271. The van der Waals surface area contributed by atoms with Gasteiger partial charge in [0.1, 0.15) is 0 Å². The highest BCUT2D eigenvalue weighted by Crippen LogP contribution is 2.36. The molecule has 0 spiro atoms. The van der Waals surface area contributed by atoms with Crippen molar-refractivity contribution in [2.75, 3.05) is 26.7 Å². The van der Waals surface area contributed by atoms with Gasteiger partial charge in [0.25, 0.3) is 0 Å². The number of rotatable bonds is 3. The number of methoxy groups -OCH3 is 1. The maximum Gasteiger partial charge on any atom is 0.0767 e. The summed E-state index contributed by atoms with van der Waals surface area (Å²) in [7, 11) is 1.83. The van der Waals surface area contributed by atoms with Crippen LogP contribution < -0.4 is 5.73 Å². The number of morpholine rings is 1. The largest absolute Gasteiger partial charge is 0.379 e. The zero-order chi connectivity index (χ0) is 13.2. The van der Waals surface area contributed by atoms with E-state index in [1.165, 1.54) is 12.8 Å². The molecule has 4 atom stereocenters. The monoisotopic (exact) mass is 256 g/mol. The molecule has 2 N–H and O–H groups in total. The van der Waals surface area contributed by atoms with Gasteiger partial charge >= 0.3 is 0 Å². The molecule has 2 rings (SSSR count). The van der Waals surface area contributed by atoms with Gasteiger partial charge in [-0.15, -0.1) is 0 Å². The average Bonchev–Trinajstić information content (AvgIpc) is 2.37. The second-order valence-corrected chi connectivity index (χ2v) is 5.94. The van der Waals surface area contributed by atoms with Crippen molar-refractivity contribution < 1.29 is 9.47 Å². The maximum atomic E-state index is 6.16. The van der Waals surface area contributed by atoms with Crippen molar-refractivity contribution in [3.05, 3.63) is 0 Å². The van der Waals surface area contributed by atoms with Gasteiger partial charge in [0.05, 0.1) is 23.9 Å². The van der Waals surface area contributed by atoms with Gasteiger partial charge in [-0.1, -0.05) is 12.8 Å². The normalized spacial score (nSPS) is 43.0. The summed E-state index contributed by atoms with van der Waals surface area (Å²) >= 11 is 0. The van der Waals surface area contributed by atoms with Crippen molar-refractivity contribution in [1.82, 2.24) is 4.90 Å². The molecule has 1 saturated heterocycles. The third-order valence-electron chi connectivity index (χ3n) is 4.61. The topological polar surface area (TPSA) is 47.7 Å². The van der Waals surface area contributed by atoms with E-state index in [4.69, 9.17) is 15.2 Å². The van der Waals surface area contributed by atoms with E-state index in [9.17, 15) is 0 Å². The van der Waals surface area contributed by atoms with Gasteiger partial charge in [-0.2, -0.15) is 0 Å². The quantitative estimate of drug-likeness (QED) is 0.829. The minimum Gasteiger partial charge on any atom is -0.379 e. The summed E-state index contributed by atoms with van der Waals surface area (Å²) < 4.78 is 11.6. The molecule has 0 aromatic heterocycles. The van der Waals surface area contributed by atoms with Crippen molar-refractivity contribution in [2.45, 2.75) is 63.4 Å². The van der Waals surface area contributed by atoms with Crippen molar-refractivity contribution in [3.63, 3.8) is 0 Å². The lowest BCUT2D eigenvalue weighted by molar-refractivity contribution is -0.144. The number of hydrogen-bond acceptors (Lipinski definition) is 4. The van der Waals surface area contributed by atoms with E-state index in [1.807, 2.05) is 7.11 Å². The third kappa shape index (κ3) is 2.57. The number of ether oxygens (including phenoxy) is 2. The molecule has 0 aromatic carbocycles. The van der Waals surface area contributed by atoms with E-state index >= 15 is 0 Å². The predicted octanol–water partition coefficient (Wildman–Crippen LogP) is 1.38. The summed E-state index contributed by atoms with van der Waals surface area (Å²) in [6.07, 6.45) is 5.66. The van der Waals surface area contributed by atoms with Crippen LogP contribution in [-0.4, -0.2) is 55.5 Å². The number of nitrogens with zero attached hydrogens (tertiary/aromatic N) is 1. The van der Waals surface area contributed by atoms with Crippen molar-refractivity contribution in [2.24, 2.45) is 5.73 Å². The Morgan fingerprint density at radius 3 is 2.50 bits per heavy atom. The van der Waals surface area contributed by atoms with E-state index < -0.39 is 0 Å². The molecule has 2 fully saturated rings. The molecule has 1 aliphatic carbocycles. The molecule has 2 aliphatic rings. The SMILES string of the molecule is COC1CCCCC1(CN)N1CC(C)OC(C)C1. The highest BCUT2D eigenvalue weighted by molar-refractivity contribution is 5.02. The summed E-state index contributed by atoms with van der Waals surface area (Å²) in [5.41, 5.74) is 6.19. The standard InChI is InChI=1S/C14H28N2O2/c1-11-8-16(9-12(2)18-11)14(10-15)7-5-4-6-13(14)17-3/h11-13H,4-10,15H2,1-3H3. The Kier molecular flexibility index (Phi) is 4.64. The third-order valence-corrected chi connectivity index (χ3v) is 4.61.